The molecular formula is C37H35O2P. The first-order valence-corrected chi connectivity index (χ1v) is 15.6. The van der Waals surface area contributed by atoms with Crippen molar-refractivity contribution in [2.45, 2.75) is 6.16 Å². The van der Waals surface area contributed by atoms with Crippen LogP contribution in [0.3, 0.4) is 0 Å². The predicted molar refractivity (Wildman–Crippen MR) is 173 cm³/mol. The van der Waals surface area contributed by atoms with E-state index in [1.165, 1.54) is 21.5 Å². The number of benzene rings is 6. The minimum atomic E-state index is -2.16. The second-order valence-electron chi connectivity index (χ2n) is 9.34. The number of phenolic OH excluding ortho intramolecular Hbond substituents is 2. The molecule has 6 aromatic carbocycles. The summed E-state index contributed by atoms with van der Waals surface area (Å²) in [5.74, 6) is 0.644. The number of phenols is 2. The molecule has 0 aliphatic rings. The Balaban J connectivity index is 0.000000215. The maximum atomic E-state index is 8.63. The van der Waals surface area contributed by atoms with Crippen LogP contribution in [0.2, 0.25) is 0 Å². The molecule has 6 aromatic rings. The minimum absolute atomic E-state index is 0.322. The molecule has 0 aliphatic heterocycles. The van der Waals surface area contributed by atoms with E-state index in [0.717, 1.165) is 6.16 Å². The van der Waals surface area contributed by atoms with Crippen molar-refractivity contribution in [2.24, 2.45) is 0 Å². The summed E-state index contributed by atoms with van der Waals surface area (Å²) in [6.07, 6.45) is 1.06. The van der Waals surface area contributed by atoms with E-state index < -0.39 is 7.26 Å². The molecule has 0 fully saturated rings. The molecule has 0 aromatic heterocycles. The van der Waals surface area contributed by atoms with Gasteiger partial charge in [0.2, 0.25) is 0 Å². The van der Waals surface area contributed by atoms with Crippen molar-refractivity contribution < 1.29 is 10.2 Å². The van der Waals surface area contributed by atoms with E-state index in [2.05, 4.69) is 121 Å². The van der Waals surface area contributed by atoms with Crippen LogP contribution in [0.15, 0.2) is 182 Å². The molecule has 3 heteroatoms. The average molecular weight is 543 g/mol. The summed E-state index contributed by atoms with van der Waals surface area (Å²) in [5, 5.41) is 21.6. The Morgan fingerprint density at radius 2 is 0.575 bits per heavy atom. The molecule has 200 valence electrons. The van der Waals surface area contributed by atoms with Crippen LogP contribution in [-0.4, -0.2) is 10.2 Å². The van der Waals surface area contributed by atoms with Gasteiger partial charge >= 0.3 is 156 Å². The van der Waals surface area contributed by atoms with Crippen LogP contribution in [-0.2, 0) is 6.16 Å². The monoisotopic (exact) mass is 542 g/mol. The third-order valence-corrected chi connectivity index (χ3v) is 11.5. The molecule has 0 heterocycles. The molecule has 0 bridgehead atoms. The van der Waals surface area contributed by atoms with Crippen molar-refractivity contribution in [2.75, 3.05) is 0 Å². The Kier molecular flexibility index (Phi) is 10.7. The molecule has 40 heavy (non-hydrogen) atoms. The fourth-order valence-electron chi connectivity index (χ4n) is 4.73. The van der Waals surface area contributed by atoms with Gasteiger partial charge < -0.3 is 10.2 Å². The summed E-state index contributed by atoms with van der Waals surface area (Å²) in [5.41, 5.74) is 1.40. The molecule has 0 aliphatic carbocycles. The summed E-state index contributed by atoms with van der Waals surface area (Å²) >= 11 is 0. The molecule has 0 radical (unpaired) electrons. The van der Waals surface area contributed by atoms with Crippen LogP contribution in [0.5, 0.6) is 11.5 Å². The van der Waals surface area contributed by atoms with Gasteiger partial charge in [-0.05, 0) is 24.3 Å². The number of aromatic hydroxyl groups is 2. The van der Waals surface area contributed by atoms with Gasteiger partial charge in [-0.1, -0.05) is 36.4 Å². The number of hydrogen-bond donors (Lipinski definition) is 2. The first kappa shape index (κ1) is 28.4. The molecule has 2 nitrogen and oxygen atoms in total. The fraction of sp³-hybridized carbons (Fsp3) is 0.0270. The zero-order chi connectivity index (χ0) is 27.9. The predicted octanol–water partition coefficient (Wildman–Crippen LogP) is 7.70. The Hall–Kier alpha value is -4.65. The molecule has 6 rings (SSSR count). The molecule has 0 atom stereocenters. The quantitative estimate of drug-likeness (QED) is 0.219. The van der Waals surface area contributed by atoms with E-state index >= 15 is 0 Å². The molecule has 0 spiro atoms. The van der Waals surface area contributed by atoms with Crippen LogP contribution in [0, 0.1) is 0 Å². The first-order chi connectivity index (χ1) is 19.7. The second-order valence-corrected chi connectivity index (χ2v) is 13.2. The van der Waals surface area contributed by atoms with Gasteiger partial charge in [0, 0.05) is 0 Å². The maximum absolute atomic E-state index is 8.63. The van der Waals surface area contributed by atoms with Crippen molar-refractivity contribution >= 4 is 23.2 Å². The van der Waals surface area contributed by atoms with Gasteiger partial charge in [0.1, 0.15) is 11.5 Å². The molecular weight excluding hydrogens is 507 g/mol. The van der Waals surface area contributed by atoms with Crippen molar-refractivity contribution in [1.82, 2.24) is 0 Å². The van der Waals surface area contributed by atoms with E-state index in [9.17, 15) is 0 Å². The van der Waals surface area contributed by atoms with Gasteiger partial charge in [0.25, 0.3) is 0 Å². The Morgan fingerprint density at radius 1 is 0.325 bits per heavy atom. The summed E-state index contributed by atoms with van der Waals surface area (Å²) in [6, 6.07) is 61.6. The van der Waals surface area contributed by atoms with Gasteiger partial charge in [-0.3, -0.25) is 0 Å². The van der Waals surface area contributed by atoms with Gasteiger partial charge in [-0.2, -0.15) is 0 Å². The van der Waals surface area contributed by atoms with E-state index in [0.29, 0.717) is 11.5 Å². The summed E-state index contributed by atoms with van der Waals surface area (Å²) in [6.45, 7) is 0. The third kappa shape index (κ3) is 7.93. The van der Waals surface area contributed by atoms with Gasteiger partial charge in [0.15, 0.2) is 0 Å². The van der Waals surface area contributed by atoms with E-state index in [1.807, 2.05) is 12.1 Å². The van der Waals surface area contributed by atoms with Crippen molar-refractivity contribution in [3.63, 3.8) is 0 Å². The Morgan fingerprint density at radius 3 is 0.825 bits per heavy atom. The zero-order valence-electron chi connectivity index (χ0n) is 22.4. The molecule has 0 saturated heterocycles. The summed E-state index contributed by atoms with van der Waals surface area (Å²) < 4.78 is 0. The van der Waals surface area contributed by atoms with E-state index in [1.54, 1.807) is 48.5 Å². The van der Waals surface area contributed by atoms with Crippen LogP contribution in [0.1, 0.15) is 5.56 Å². The first-order valence-electron chi connectivity index (χ1n) is 13.4. The summed E-state index contributed by atoms with van der Waals surface area (Å²) in [4.78, 5) is 0. The average Bonchev–Trinajstić information content (AvgIpc) is 3.03. The molecule has 0 unspecified atom stereocenters. The van der Waals surface area contributed by atoms with E-state index in [4.69, 9.17) is 10.2 Å². The van der Waals surface area contributed by atoms with E-state index in [-0.39, 0.29) is 0 Å². The summed E-state index contributed by atoms with van der Waals surface area (Å²) in [7, 11) is -2.16. The fourth-order valence-corrected chi connectivity index (χ4v) is 9.48. The Bertz CT molecular complexity index is 1360. The van der Waals surface area contributed by atoms with Crippen molar-refractivity contribution in [3.8, 4) is 11.5 Å². The Labute approximate surface area is 238 Å². The number of rotatable bonds is 5. The third-order valence-electron chi connectivity index (χ3n) is 6.62. The van der Waals surface area contributed by atoms with Gasteiger partial charge in [-0.15, -0.1) is 0 Å². The van der Waals surface area contributed by atoms with Crippen LogP contribution >= 0.6 is 7.26 Å². The van der Waals surface area contributed by atoms with Crippen molar-refractivity contribution in [1.29, 1.82) is 0 Å². The topological polar surface area (TPSA) is 40.5 Å². The van der Waals surface area contributed by atoms with Gasteiger partial charge in [-0.25, -0.2) is 0 Å². The van der Waals surface area contributed by atoms with Crippen LogP contribution < -0.4 is 15.9 Å². The standard InChI is InChI=1S/C25H23P.2C6H6O/c1-5-13-22(14-6-1)21-26(23-15-7-2-8-16-23,24-17-9-3-10-18-24)25-19-11-4-12-20-25;2*7-6-4-2-1-3-5-6/h1-20,26H,21H2;2*1-5,7H. The van der Waals surface area contributed by atoms with Crippen molar-refractivity contribution in [3.05, 3.63) is 188 Å². The zero-order valence-corrected chi connectivity index (χ0v) is 23.4. The molecule has 0 amide bonds. The van der Waals surface area contributed by atoms with Crippen LogP contribution in [0.25, 0.3) is 0 Å². The number of para-hydroxylation sites is 2. The van der Waals surface area contributed by atoms with Gasteiger partial charge in [0.05, 0.1) is 0 Å². The van der Waals surface area contributed by atoms with Crippen LogP contribution in [0.4, 0.5) is 0 Å². The SMILES string of the molecule is Oc1ccccc1.Oc1ccccc1.c1ccc(C[PH](c2ccccc2)(c2ccccc2)c2ccccc2)cc1. The number of hydrogen-bond acceptors (Lipinski definition) is 2. The normalized spacial score (nSPS) is 10.7. The molecule has 2 N–H and O–H groups in total. The second kappa shape index (κ2) is 15.1. The molecule has 0 saturated carbocycles.